The maximum absolute atomic E-state index is 5.41. The maximum atomic E-state index is 5.41. The molecule has 0 unspecified atom stereocenters. The lowest BCUT2D eigenvalue weighted by atomic mass is 10.1. The van der Waals surface area contributed by atoms with Crippen molar-refractivity contribution in [2.45, 2.75) is 19.3 Å². The van der Waals surface area contributed by atoms with Gasteiger partial charge in [-0.25, -0.2) is 0 Å². The van der Waals surface area contributed by atoms with Crippen LogP contribution in [0.1, 0.15) is 24.3 Å². The zero-order valence-electron chi connectivity index (χ0n) is 14.3. The monoisotopic (exact) mass is 335 g/mol. The fraction of sp³-hybridized carbons (Fsp3) is 0.300. The summed E-state index contributed by atoms with van der Waals surface area (Å²) in [6.45, 7) is 2.29. The molecule has 1 aliphatic rings. The molecule has 0 bridgehead atoms. The zero-order chi connectivity index (χ0) is 17.1. The van der Waals surface area contributed by atoms with E-state index in [0.29, 0.717) is 18.1 Å². The first kappa shape index (κ1) is 15.7. The molecule has 5 heteroatoms. The van der Waals surface area contributed by atoms with E-state index < -0.39 is 0 Å². The van der Waals surface area contributed by atoms with Gasteiger partial charge < -0.3 is 14.2 Å². The van der Waals surface area contributed by atoms with Gasteiger partial charge in [-0.15, -0.1) is 0 Å². The van der Waals surface area contributed by atoms with Gasteiger partial charge in [0.1, 0.15) is 5.75 Å². The SMILES string of the molecule is COc1ccc(Cc2nc(-c3ccc(N4CCCC4)cc3)no2)cc1. The van der Waals surface area contributed by atoms with E-state index in [2.05, 4.69) is 39.3 Å². The minimum absolute atomic E-state index is 0.614. The Kier molecular flexibility index (Phi) is 4.37. The number of ether oxygens (including phenoxy) is 1. The van der Waals surface area contributed by atoms with Crippen molar-refractivity contribution in [1.29, 1.82) is 0 Å². The number of benzene rings is 2. The van der Waals surface area contributed by atoms with Crippen molar-refractivity contribution in [2.75, 3.05) is 25.1 Å². The second-order valence-corrected chi connectivity index (χ2v) is 6.28. The van der Waals surface area contributed by atoms with Gasteiger partial charge in [0.05, 0.1) is 13.5 Å². The smallest absolute Gasteiger partial charge is 0.231 e. The normalized spacial score (nSPS) is 14.0. The minimum atomic E-state index is 0.614. The number of rotatable bonds is 5. The first-order valence-electron chi connectivity index (χ1n) is 8.63. The van der Waals surface area contributed by atoms with E-state index in [1.54, 1.807) is 7.11 Å². The van der Waals surface area contributed by atoms with Gasteiger partial charge in [-0.05, 0) is 54.8 Å². The van der Waals surface area contributed by atoms with E-state index in [0.717, 1.165) is 30.0 Å². The second-order valence-electron chi connectivity index (χ2n) is 6.28. The standard InChI is InChI=1S/C20H21N3O2/c1-24-18-10-4-15(5-11-18)14-19-21-20(22-25-19)16-6-8-17(9-7-16)23-12-2-3-13-23/h4-11H,2-3,12-14H2,1H3. The van der Waals surface area contributed by atoms with E-state index in [4.69, 9.17) is 9.26 Å². The summed E-state index contributed by atoms with van der Waals surface area (Å²) in [5.41, 5.74) is 3.36. The van der Waals surface area contributed by atoms with Crippen LogP contribution >= 0.6 is 0 Å². The first-order chi connectivity index (χ1) is 12.3. The quantitative estimate of drug-likeness (QED) is 0.707. The Bertz CT molecular complexity index is 819. The molecule has 1 aliphatic heterocycles. The van der Waals surface area contributed by atoms with Crippen molar-refractivity contribution in [3.8, 4) is 17.1 Å². The molecular formula is C20H21N3O2. The summed E-state index contributed by atoms with van der Waals surface area (Å²) in [5.74, 6) is 2.09. The van der Waals surface area contributed by atoms with Crippen molar-refractivity contribution in [3.63, 3.8) is 0 Å². The molecule has 0 saturated carbocycles. The Morgan fingerprint density at radius 1 is 1.00 bits per heavy atom. The fourth-order valence-corrected chi connectivity index (χ4v) is 3.16. The van der Waals surface area contributed by atoms with E-state index in [1.165, 1.54) is 18.5 Å². The van der Waals surface area contributed by atoms with Gasteiger partial charge in [-0.2, -0.15) is 4.98 Å². The summed E-state index contributed by atoms with van der Waals surface area (Å²) in [7, 11) is 1.66. The highest BCUT2D eigenvalue weighted by Crippen LogP contribution is 2.24. The number of anilines is 1. The fourth-order valence-electron chi connectivity index (χ4n) is 3.16. The Hall–Kier alpha value is -2.82. The van der Waals surface area contributed by atoms with Crippen molar-refractivity contribution in [3.05, 3.63) is 60.0 Å². The van der Waals surface area contributed by atoms with Gasteiger partial charge in [0, 0.05) is 24.3 Å². The molecule has 0 amide bonds. The molecule has 0 atom stereocenters. The molecule has 1 fully saturated rings. The van der Waals surface area contributed by atoms with Gasteiger partial charge in [-0.1, -0.05) is 17.3 Å². The number of hydrogen-bond acceptors (Lipinski definition) is 5. The molecule has 0 N–H and O–H groups in total. The van der Waals surface area contributed by atoms with Gasteiger partial charge in [-0.3, -0.25) is 0 Å². The number of aromatic nitrogens is 2. The summed E-state index contributed by atoms with van der Waals surface area (Å²) in [6, 6.07) is 16.3. The summed E-state index contributed by atoms with van der Waals surface area (Å²) in [5, 5.41) is 4.12. The van der Waals surface area contributed by atoms with Crippen LogP contribution in [-0.4, -0.2) is 30.3 Å². The predicted molar refractivity (Wildman–Crippen MR) is 97.0 cm³/mol. The Morgan fingerprint density at radius 2 is 1.72 bits per heavy atom. The average molecular weight is 335 g/mol. The zero-order valence-corrected chi connectivity index (χ0v) is 14.3. The van der Waals surface area contributed by atoms with Crippen LogP contribution in [0.3, 0.4) is 0 Å². The van der Waals surface area contributed by atoms with Crippen LogP contribution in [0.15, 0.2) is 53.1 Å². The molecule has 0 aliphatic carbocycles. The number of nitrogens with zero attached hydrogens (tertiary/aromatic N) is 3. The van der Waals surface area contributed by atoms with Crippen LogP contribution in [-0.2, 0) is 6.42 Å². The lowest BCUT2D eigenvalue weighted by molar-refractivity contribution is 0.385. The highest BCUT2D eigenvalue weighted by Gasteiger charge is 2.13. The molecule has 0 spiro atoms. The summed E-state index contributed by atoms with van der Waals surface area (Å²) < 4.78 is 10.6. The highest BCUT2D eigenvalue weighted by atomic mass is 16.5. The minimum Gasteiger partial charge on any atom is -0.497 e. The lowest BCUT2D eigenvalue weighted by Crippen LogP contribution is -2.17. The van der Waals surface area contributed by atoms with Crippen molar-refractivity contribution in [2.24, 2.45) is 0 Å². The molecule has 4 rings (SSSR count). The van der Waals surface area contributed by atoms with E-state index in [9.17, 15) is 0 Å². The van der Waals surface area contributed by atoms with Crippen LogP contribution in [0.5, 0.6) is 5.75 Å². The molecule has 0 radical (unpaired) electrons. The second kappa shape index (κ2) is 6.97. The molecule has 128 valence electrons. The average Bonchev–Trinajstić information content (AvgIpc) is 3.35. The predicted octanol–water partition coefficient (Wildman–Crippen LogP) is 3.94. The molecule has 2 aromatic carbocycles. The van der Waals surface area contributed by atoms with Crippen molar-refractivity contribution in [1.82, 2.24) is 10.1 Å². The molecule has 1 saturated heterocycles. The summed E-state index contributed by atoms with van der Waals surface area (Å²) in [4.78, 5) is 6.93. The largest absolute Gasteiger partial charge is 0.497 e. The third-order valence-electron chi connectivity index (χ3n) is 4.58. The van der Waals surface area contributed by atoms with Crippen molar-refractivity contribution < 1.29 is 9.26 Å². The van der Waals surface area contributed by atoms with Crippen LogP contribution in [0.25, 0.3) is 11.4 Å². The number of hydrogen-bond donors (Lipinski definition) is 0. The molecular weight excluding hydrogens is 314 g/mol. The van der Waals surface area contributed by atoms with Crippen LogP contribution in [0, 0.1) is 0 Å². The van der Waals surface area contributed by atoms with Crippen LogP contribution < -0.4 is 9.64 Å². The molecule has 1 aromatic heterocycles. The van der Waals surface area contributed by atoms with Gasteiger partial charge in [0.2, 0.25) is 11.7 Å². The molecule has 5 nitrogen and oxygen atoms in total. The van der Waals surface area contributed by atoms with Crippen LogP contribution in [0.4, 0.5) is 5.69 Å². The summed E-state index contributed by atoms with van der Waals surface area (Å²) in [6.07, 6.45) is 3.17. The summed E-state index contributed by atoms with van der Waals surface area (Å²) >= 11 is 0. The van der Waals surface area contributed by atoms with E-state index in [1.807, 2.05) is 24.3 Å². The molecule has 3 aromatic rings. The Labute approximate surface area is 147 Å². The van der Waals surface area contributed by atoms with Gasteiger partial charge in [0.15, 0.2) is 0 Å². The molecule has 2 heterocycles. The third kappa shape index (κ3) is 3.50. The van der Waals surface area contributed by atoms with Gasteiger partial charge >= 0.3 is 0 Å². The first-order valence-corrected chi connectivity index (χ1v) is 8.63. The third-order valence-corrected chi connectivity index (χ3v) is 4.58. The Balaban J connectivity index is 1.46. The van der Waals surface area contributed by atoms with E-state index in [-0.39, 0.29) is 0 Å². The Morgan fingerprint density at radius 3 is 2.40 bits per heavy atom. The topological polar surface area (TPSA) is 51.4 Å². The van der Waals surface area contributed by atoms with Crippen molar-refractivity contribution >= 4 is 5.69 Å². The maximum Gasteiger partial charge on any atom is 0.231 e. The highest BCUT2D eigenvalue weighted by molar-refractivity contribution is 5.60. The lowest BCUT2D eigenvalue weighted by Gasteiger charge is -2.17. The molecule has 25 heavy (non-hydrogen) atoms. The van der Waals surface area contributed by atoms with Crippen LogP contribution in [0.2, 0.25) is 0 Å². The van der Waals surface area contributed by atoms with Gasteiger partial charge in [0.25, 0.3) is 0 Å². The van der Waals surface area contributed by atoms with E-state index >= 15 is 0 Å². The number of methoxy groups -OCH3 is 1.